The van der Waals surface area contributed by atoms with E-state index in [0.29, 0.717) is 32.9 Å². The lowest BCUT2D eigenvalue weighted by Crippen LogP contribution is -2.04. The molecule has 7 heteroatoms. The summed E-state index contributed by atoms with van der Waals surface area (Å²) in [5.74, 6) is 6.11. The molecule has 0 fully saturated rings. The number of aryl methyl sites for hydroxylation is 1. The minimum atomic E-state index is -0.425. The van der Waals surface area contributed by atoms with Crippen LogP contribution in [0.1, 0.15) is 27.0 Å². The van der Waals surface area contributed by atoms with Gasteiger partial charge in [-0.05, 0) is 48.9 Å². The Morgan fingerprint density at radius 3 is 2.80 bits per heavy atom. The highest BCUT2D eigenvalue weighted by Gasteiger charge is 2.13. The van der Waals surface area contributed by atoms with Crippen LogP contribution >= 0.6 is 11.6 Å². The number of aromatic nitrogens is 3. The smallest absolute Gasteiger partial charge is 0.338 e. The summed E-state index contributed by atoms with van der Waals surface area (Å²) in [5.41, 5.74) is 4.03. The van der Waals surface area contributed by atoms with Gasteiger partial charge >= 0.3 is 5.97 Å². The van der Waals surface area contributed by atoms with Gasteiger partial charge in [-0.25, -0.2) is 4.79 Å². The first-order chi connectivity index (χ1) is 14.5. The molecular formula is C23H16ClN3O3. The second kappa shape index (κ2) is 8.27. The molecular weight excluding hydrogens is 402 g/mol. The molecule has 0 amide bonds. The van der Waals surface area contributed by atoms with Crippen LogP contribution in [0.5, 0.6) is 11.8 Å². The van der Waals surface area contributed by atoms with E-state index in [1.54, 1.807) is 42.7 Å². The van der Waals surface area contributed by atoms with Gasteiger partial charge in [0.25, 0.3) is 6.01 Å². The van der Waals surface area contributed by atoms with Crippen molar-refractivity contribution in [3.8, 4) is 23.6 Å². The zero-order valence-corrected chi connectivity index (χ0v) is 16.9. The van der Waals surface area contributed by atoms with Crippen molar-refractivity contribution in [3.05, 3.63) is 82.1 Å². The van der Waals surface area contributed by atoms with Gasteiger partial charge in [0.2, 0.25) is 0 Å². The van der Waals surface area contributed by atoms with Crippen molar-refractivity contribution in [3.63, 3.8) is 0 Å². The zero-order chi connectivity index (χ0) is 21.1. The highest BCUT2D eigenvalue weighted by molar-refractivity contribution is 6.32. The Kier molecular flexibility index (Phi) is 5.38. The number of nitrogens with zero attached hydrogens (tertiary/aromatic N) is 2. The van der Waals surface area contributed by atoms with Crippen molar-refractivity contribution in [1.82, 2.24) is 15.0 Å². The maximum atomic E-state index is 11.9. The molecule has 0 aliphatic heterocycles. The van der Waals surface area contributed by atoms with Gasteiger partial charge in [-0.15, -0.1) is 0 Å². The Bertz CT molecular complexity index is 1300. The highest BCUT2D eigenvalue weighted by atomic mass is 35.5. The van der Waals surface area contributed by atoms with Crippen LogP contribution in [0, 0.1) is 18.8 Å². The summed E-state index contributed by atoms with van der Waals surface area (Å²) in [4.78, 5) is 23.4. The fraction of sp³-hybridized carbons (Fsp3) is 0.0870. The number of hydrogen-bond donors (Lipinski definition) is 1. The first kappa shape index (κ1) is 19.5. The maximum Gasteiger partial charge on any atom is 0.338 e. The van der Waals surface area contributed by atoms with Crippen molar-refractivity contribution in [2.75, 3.05) is 7.11 Å². The van der Waals surface area contributed by atoms with E-state index in [4.69, 9.17) is 21.1 Å². The lowest BCUT2D eigenvalue weighted by atomic mass is 10.1. The predicted octanol–water partition coefficient (Wildman–Crippen LogP) is 4.90. The number of benzene rings is 2. The van der Waals surface area contributed by atoms with Crippen LogP contribution in [-0.4, -0.2) is 28.0 Å². The van der Waals surface area contributed by atoms with Gasteiger partial charge < -0.3 is 14.5 Å². The van der Waals surface area contributed by atoms with E-state index >= 15 is 0 Å². The average molecular weight is 418 g/mol. The van der Waals surface area contributed by atoms with Gasteiger partial charge in [-0.2, -0.15) is 4.98 Å². The van der Waals surface area contributed by atoms with E-state index in [9.17, 15) is 4.79 Å². The third-order valence-electron chi connectivity index (χ3n) is 4.38. The molecule has 4 rings (SSSR count). The predicted molar refractivity (Wildman–Crippen MR) is 114 cm³/mol. The van der Waals surface area contributed by atoms with E-state index in [1.807, 2.05) is 19.1 Å². The monoisotopic (exact) mass is 417 g/mol. The highest BCUT2D eigenvalue weighted by Crippen LogP contribution is 2.27. The Balaban J connectivity index is 1.63. The quantitative estimate of drug-likeness (QED) is 0.379. The van der Waals surface area contributed by atoms with Crippen molar-refractivity contribution < 1.29 is 14.3 Å². The van der Waals surface area contributed by atoms with Gasteiger partial charge in [0.05, 0.1) is 28.7 Å². The third kappa shape index (κ3) is 4.12. The molecule has 2 aromatic carbocycles. The Labute approximate surface area is 177 Å². The molecule has 30 heavy (non-hydrogen) atoms. The minimum absolute atomic E-state index is 0.276. The van der Waals surface area contributed by atoms with Crippen LogP contribution in [0.15, 0.2) is 54.9 Å². The number of aromatic amines is 1. The number of pyridine rings is 1. The number of nitrogens with one attached hydrogen (secondary N) is 1. The lowest BCUT2D eigenvalue weighted by molar-refractivity contribution is 0.0599. The number of methoxy groups -OCH3 is 1. The SMILES string of the molecule is COC(=O)c1cc(Oc2nc3cc(C#Cc4cccnc4)c(Cl)cc3[nH]2)ccc1C. The molecule has 2 aromatic heterocycles. The zero-order valence-electron chi connectivity index (χ0n) is 16.2. The molecule has 0 spiro atoms. The summed E-state index contributed by atoms with van der Waals surface area (Å²) in [7, 11) is 1.34. The van der Waals surface area contributed by atoms with Crippen LogP contribution in [0.2, 0.25) is 5.02 Å². The summed E-state index contributed by atoms with van der Waals surface area (Å²) in [6, 6.07) is 12.7. The number of fused-ring (bicyclic) bond motifs is 1. The van der Waals surface area contributed by atoms with Crippen LogP contribution in [0.3, 0.4) is 0 Å². The molecule has 4 aromatic rings. The number of H-pyrrole nitrogens is 1. The van der Waals surface area contributed by atoms with Crippen LogP contribution in [0.4, 0.5) is 0 Å². The topological polar surface area (TPSA) is 77.1 Å². The van der Waals surface area contributed by atoms with Gasteiger partial charge in [0.1, 0.15) is 5.75 Å². The van der Waals surface area contributed by atoms with Gasteiger partial charge in [0, 0.05) is 23.5 Å². The number of esters is 1. The lowest BCUT2D eigenvalue weighted by Gasteiger charge is -2.07. The molecule has 148 valence electrons. The van der Waals surface area contributed by atoms with E-state index in [2.05, 4.69) is 26.8 Å². The second-order valence-electron chi connectivity index (χ2n) is 6.45. The Morgan fingerprint density at radius 2 is 2.03 bits per heavy atom. The molecule has 1 N–H and O–H groups in total. The average Bonchev–Trinajstić information content (AvgIpc) is 3.14. The number of halogens is 1. The van der Waals surface area contributed by atoms with Crippen molar-refractivity contribution in [2.24, 2.45) is 0 Å². The van der Waals surface area contributed by atoms with Crippen LogP contribution in [-0.2, 0) is 4.74 Å². The first-order valence-electron chi connectivity index (χ1n) is 9.01. The summed E-state index contributed by atoms with van der Waals surface area (Å²) in [5, 5.41) is 0.498. The molecule has 0 bridgehead atoms. The molecule has 0 unspecified atom stereocenters. The Morgan fingerprint density at radius 1 is 1.17 bits per heavy atom. The largest absolute Gasteiger partial charge is 0.465 e. The minimum Gasteiger partial charge on any atom is -0.465 e. The summed E-state index contributed by atoms with van der Waals surface area (Å²) in [6.45, 7) is 1.83. The number of carbonyl (C=O) groups excluding carboxylic acids is 1. The number of ether oxygens (including phenoxy) is 2. The normalized spacial score (nSPS) is 10.4. The molecule has 6 nitrogen and oxygen atoms in total. The first-order valence-corrected chi connectivity index (χ1v) is 9.39. The molecule has 0 atom stereocenters. The number of carbonyl (C=O) groups is 1. The fourth-order valence-corrected chi connectivity index (χ4v) is 3.04. The maximum absolute atomic E-state index is 11.9. The van der Waals surface area contributed by atoms with Crippen molar-refractivity contribution in [2.45, 2.75) is 6.92 Å². The van der Waals surface area contributed by atoms with E-state index in [-0.39, 0.29) is 6.01 Å². The molecule has 0 radical (unpaired) electrons. The molecule has 0 aliphatic carbocycles. The number of hydrogen-bond acceptors (Lipinski definition) is 5. The molecule has 0 aliphatic rings. The van der Waals surface area contributed by atoms with Gasteiger partial charge in [0.15, 0.2) is 0 Å². The van der Waals surface area contributed by atoms with Gasteiger partial charge in [-0.1, -0.05) is 29.5 Å². The van der Waals surface area contributed by atoms with E-state index in [1.165, 1.54) is 7.11 Å². The number of rotatable bonds is 3. The van der Waals surface area contributed by atoms with Crippen molar-refractivity contribution >= 4 is 28.6 Å². The standard InChI is InChI=1S/C23H16ClN3O3/c1-14-5-8-17(11-18(14)22(28)29-2)30-23-26-20-10-16(19(24)12-21(20)27-23)7-6-15-4-3-9-25-13-15/h3-5,8-13H,1-2H3,(H,26,27). The molecule has 0 saturated heterocycles. The summed E-state index contributed by atoms with van der Waals surface area (Å²) >= 11 is 6.37. The van der Waals surface area contributed by atoms with Crippen LogP contribution < -0.4 is 4.74 Å². The van der Waals surface area contributed by atoms with Crippen LogP contribution in [0.25, 0.3) is 11.0 Å². The summed E-state index contributed by atoms with van der Waals surface area (Å²) in [6.07, 6.45) is 3.38. The second-order valence-corrected chi connectivity index (χ2v) is 6.86. The summed E-state index contributed by atoms with van der Waals surface area (Å²) < 4.78 is 10.6. The third-order valence-corrected chi connectivity index (χ3v) is 4.69. The van der Waals surface area contributed by atoms with E-state index < -0.39 is 5.97 Å². The van der Waals surface area contributed by atoms with E-state index in [0.717, 1.165) is 11.1 Å². The fourth-order valence-electron chi connectivity index (χ4n) is 2.83. The Hall–Kier alpha value is -3.82. The number of imidazole rings is 1. The molecule has 2 heterocycles. The molecule has 0 saturated carbocycles. The van der Waals surface area contributed by atoms with Crippen molar-refractivity contribution in [1.29, 1.82) is 0 Å². The van der Waals surface area contributed by atoms with Gasteiger partial charge in [-0.3, -0.25) is 4.98 Å².